The standard InChI is InChI=1S/C21H19BrFN3O3S/c1-12-9-14(23)7-8-18(12)29-21-19(13(2)17(22)11-25-21)20(27)26-15-5-4-6-16(10-15)30(3,24)28/h4-11,24H,1-3H3,(H,26,27)/t30-/m1/s1. The summed E-state index contributed by atoms with van der Waals surface area (Å²) in [5.74, 6) is -0.430. The number of carbonyl (C=O) groups excluding carboxylic acids is 1. The van der Waals surface area contributed by atoms with Crippen LogP contribution in [-0.4, -0.2) is 21.4 Å². The molecule has 2 aromatic carbocycles. The van der Waals surface area contributed by atoms with Gasteiger partial charge in [0.15, 0.2) is 0 Å². The molecule has 3 aromatic rings. The number of amides is 1. The van der Waals surface area contributed by atoms with Gasteiger partial charge in [-0.3, -0.25) is 4.79 Å². The monoisotopic (exact) mass is 491 g/mol. The SMILES string of the molecule is Cc1cc(F)ccc1Oc1ncc(Br)c(C)c1C(=O)Nc1cccc([S@](C)(=N)=O)c1. The van der Waals surface area contributed by atoms with Gasteiger partial charge in [-0.2, -0.15) is 0 Å². The van der Waals surface area contributed by atoms with Gasteiger partial charge >= 0.3 is 0 Å². The number of nitrogens with one attached hydrogen (secondary N) is 2. The number of hydrogen-bond donors (Lipinski definition) is 2. The highest BCUT2D eigenvalue weighted by Crippen LogP contribution is 2.32. The maximum Gasteiger partial charge on any atom is 0.261 e. The fourth-order valence-electron chi connectivity index (χ4n) is 2.74. The molecule has 0 spiro atoms. The molecular formula is C21H19BrFN3O3S. The van der Waals surface area contributed by atoms with E-state index in [1.165, 1.54) is 36.7 Å². The Balaban J connectivity index is 1.98. The molecule has 1 amide bonds. The number of halogens is 2. The van der Waals surface area contributed by atoms with Gasteiger partial charge in [0, 0.05) is 27.5 Å². The Morgan fingerprint density at radius 1 is 1.23 bits per heavy atom. The molecule has 3 rings (SSSR count). The Bertz CT molecular complexity index is 1250. The molecule has 0 unspecified atom stereocenters. The normalized spacial score (nSPS) is 12.8. The van der Waals surface area contributed by atoms with E-state index in [1.54, 1.807) is 32.0 Å². The van der Waals surface area contributed by atoms with E-state index < -0.39 is 15.6 Å². The zero-order valence-electron chi connectivity index (χ0n) is 16.5. The van der Waals surface area contributed by atoms with Crippen LogP contribution >= 0.6 is 15.9 Å². The predicted octanol–water partition coefficient (Wildman–Crippen LogP) is 5.68. The Kier molecular flexibility index (Phi) is 6.23. The second kappa shape index (κ2) is 8.53. The molecule has 30 heavy (non-hydrogen) atoms. The van der Waals surface area contributed by atoms with E-state index in [1.807, 2.05) is 0 Å². The summed E-state index contributed by atoms with van der Waals surface area (Å²) in [7, 11) is -2.92. The van der Waals surface area contributed by atoms with Crippen molar-refractivity contribution in [2.45, 2.75) is 18.7 Å². The average molecular weight is 492 g/mol. The van der Waals surface area contributed by atoms with Crippen LogP contribution in [-0.2, 0) is 9.73 Å². The van der Waals surface area contributed by atoms with Gasteiger partial charge in [0.1, 0.15) is 17.1 Å². The summed E-state index contributed by atoms with van der Waals surface area (Å²) in [4.78, 5) is 17.6. The van der Waals surface area contributed by atoms with E-state index in [0.717, 1.165) is 0 Å². The molecular weight excluding hydrogens is 473 g/mol. The van der Waals surface area contributed by atoms with Gasteiger partial charge in [0.05, 0.1) is 9.73 Å². The van der Waals surface area contributed by atoms with E-state index in [9.17, 15) is 13.4 Å². The number of ether oxygens (including phenoxy) is 1. The Morgan fingerprint density at radius 2 is 1.97 bits per heavy atom. The molecule has 156 valence electrons. The lowest BCUT2D eigenvalue weighted by molar-refractivity contribution is 0.102. The number of pyridine rings is 1. The molecule has 0 aliphatic rings. The number of anilines is 1. The van der Waals surface area contributed by atoms with Crippen molar-refractivity contribution in [2.75, 3.05) is 11.6 Å². The second-order valence-electron chi connectivity index (χ2n) is 6.75. The van der Waals surface area contributed by atoms with E-state index in [-0.39, 0.29) is 17.3 Å². The first-order valence-electron chi connectivity index (χ1n) is 8.80. The third-order valence-corrected chi connectivity index (χ3v) is 6.31. The number of carbonyl (C=O) groups is 1. The van der Waals surface area contributed by atoms with E-state index in [0.29, 0.717) is 31.9 Å². The van der Waals surface area contributed by atoms with Crippen molar-refractivity contribution < 1.29 is 18.1 Å². The zero-order chi connectivity index (χ0) is 22.1. The molecule has 1 atom stereocenters. The van der Waals surface area contributed by atoms with Crippen molar-refractivity contribution in [3.05, 3.63) is 75.6 Å². The number of rotatable bonds is 5. The lowest BCUT2D eigenvalue weighted by Gasteiger charge is -2.15. The zero-order valence-corrected chi connectivity index (χ0v) is 18.9. The highest BCUT2D eigenvalue weighted by molar-refractivity contribution is 9.10. The topological polar surface area (TPSA) is 92.1 Å². The van der Waals surface area contributed by atoms with Gasteiger partial charge in [-0.05, 0) is 77.3 Å². The average Bonchev–Trinajstić information content (AvgIpc) is 2.66. The largest absolute Gasteiger partial charge is 0.438 e. The summed E-state index contributed by atoms with van der Waals surface area (Å²) >= 11 is 3.37. The summed E-state index contributed by atoms with van der Waals surface area (Å²) < 4.78 is 39.6. The predicted molar refractivity (Wildman–Crippen MR) is 117 cm³/mol. The van der Waals surface area contributed by atoms with E-state index in [2.05, 4.69) is 26.2 Å². The molecule has 1 heterocycles. The van der Waals surface area contributed by atoms with Gasteiger partial charge in [-0.1, -0.05) is 6.07 Å². The molecule has 6 nitrogen and oxygen atoms in total. The second-order valence-corrected chi connectivity index (χ2v) is 9.76. The quantitative estimate of drug-likeness (QED) is 0.480. The smallest absolute Gasteiger partial charge is 0.261 e. The number of hydrogen-bond acceptors (Lipinski definition) is 5. The molecule has 2 N–H and O–H groups in total. The molecule has 9 heteroatoms. The maximum absolute atomic E-state index is 13.4. The van der Waals surface area contributed by atoms with Crippen LogP contribution in [0.15, 0.2) is 58.0 Å². The fourth-order valence-corrected chi connectivity index (χ4v) is 3.73. The lowest BCUT2D eigenvalue weighted by Crippen LogP contribution is -2.16. The molecule has 0 fully saturated rings. The van der Waals surface area contributed by atoms with Crippen molar-refractivity contribution in [3.8, 4) is 11.6 Å². The van der Waals surface area contributed by atoms with Crippen LogP contribution < -0.4 is 10.1 Å². The third kappa shape index (κ3) is 4.85. The van der Waals surface area contributed by atoms with Crippen LogP contribution in [0.2, 0.25) is 0 Å². The highest BCUT2D eigenvalue weighted by atomic mass is 79.9. The number of aryl methyl sites for hydroxylation is 1. The van der Waals surface area contributed by atoms with E-state index in [4.69, 9.17) is 9.52 Å². The van der Waals surface area contributed by atoms with Gasteiger partial charge in [0.2, 0.25) is 5.88 Å². The first kappa shape index (κ1) is 21.9. The Hall–Kier alpha value is -2.78. The minimum Gasteiger partial charge on any atom is -0.438 e. The van der Waals surface area contributed by atoms with Crippen LogP contribution in [0.4, 0.5) is 10.1 Å². The molecule has 0 aliphatic carbocycles. The van der Waals surface area contributed by atoms with Crippen molar-refractivity contribution in [1.82, 2.24) is 4.98 Å². The van der Waals surface area contributed by atoms with Crippen molar-refractivity contribution in [3.63, 3.8) is 0 Å². The number of aromatic nitrogens is 1. The van der Waals surface area contributed by atoms with Crippen molar-refractivity contribution >= 4 is 37.3 Å². The summed E-state index contributed by atoms with van der Waals surface area (Å²) in [6.45, 7) is 3.43. The molecule has 0 saturated carbocycles. The summed E-state index contributed by atoms with van der Waals surface area (Å²) in [6.07, 6.45) is 2.83. The Labute approximate surface area is 182 Å². The molecule has 0 saturated heterocycles. The first-order valence-corrected chi connectivity index (χ1v) is 11.6. The van der Waals surface area contributed by atoms with Crippen LogP contribution in [0.1, 0.15) is 21.5 Å². The van der Waals surface area contributed by atoms with Gasteiger partial charge < -0.3 is 10.1 Å². The van der Waals surface area contributed by atoms with Gasteiger partial charge in [0.25, 0.3) is 5.91 Å². The molecule has 0 aliphatic heterocycles. The van der Waals surface area contributed by atoms with Crippen LogP contribution in [0.25, 0.3) is 0 Å². The highest BCUT2D eigenvalue weighted by Gasteiger charge is 2.21. The summed E-state index contributed by atoms with van der Waals surface area (Å²) in [6, 6.07) is 10.4. The van der Waals surface area contributed by atoms with Gasteiger partial charge in [-0.15, -0.1) is 0 Å². The minimum absolute atomic E-state index is 0.0684. The minimum atomic E-state index is -2.92. The van der Waals surface area contributed by atoms with Gasteiger partial charge in [-0.25, -0.2) is 18.4 Å². The lowest BCUT2D eigenvalue weighted by atomic mass is 10.1. The van der Waals surface area contributed by atoms with E-state index >= 15 is 0 Å². The number of nitrogens with zero attached hydrogens (tertiary/aromatic N) is 1. The molecule has 1 aromatic heterocycles. The molecule has 0 radical (unpaired) electrons. The fraction of sp³-hybridized carbons (Fsp3) is 0.143. The molecule has 0 bridgehead atoms. The van der Waals surface area contributed by atoms with Crippen LogP contribution in [0.5, 0.6) is 11.6 Å². The number of benzene rings is 2. The van der Waals surface area contributed by atoms with Crippen molar-refractivity contribution in [2.24, 2.45) is 0 Å². The van der Waals surface area contributed by atoms with Crippen molar-refractivity contribution in [1.29, 1.82) is 4.78 Å². The summed E-state index contributed by atoms with van der Waals surface area (Å²) in [5, 5.41) is 2.74. The third-order valence-electron chi connectivity index (χ3n) is 4.35. The maximum atomic E-state index is 13.4. The van der Waals surface area contributed by atoms with Crippen LogP contribution in [0, 0.1) is 24.4 Å². The van der Waals surface area contributed by atoms with Crippen LogP contribution in [0.3, 0.4) is 0 Å². The Morgan fingerprint density at radius 3 is 2.63 bits per heavy atom. The summed E-state index contributed by atoms with van der Waals surface area (Å²) in [5.41, 5.74) is 1.75. The first-order chi connectivity index (χ1) is 14.1.